The van der Waals surface area contributed by atoms with Crippen molar-refractivity contribution in [2.24, 2.45) is 10.8 Å². The van der Waals surface area contributed by atoms with Gasteiger partial charge in [0.15, 0.2) is 0 Å². The Kier molecular flexibility index (Phi) is 7.05. The normalized spacial score (nSPS) is 22.3. The number of benzene rings is 2. The number of carbonyl (C=O) groups excluding carboxylic acids is 1. The lowest BCUT2D eigenvalue weighted by Gasteiger charge is -2.63. The van der Waals surface area contributed by atoms with Gasteiger partial charge in [0.2, 0.25) is 0 Å². The molecule has 1 saturated carbocycles. The fourth-order valence-corrected chi connectivity index (χ4v) is 6.29. The van der Waals surface area contributed by atoms with E-state index in [0.29, 0.717) is 41.4 Å². The summed E-state index contributed by atoms with van der Waals surface area (Å²) in [5.41, 5.74) is 2.58. The van der Waals surface area contributed by atoms with Crippen molar-refractivity contribution in [1.29, 1.82) is 5.26 Å². The van der Waals surface area contributed by atoms with Crippen molar-refractivity contribution in [2.45, 2.75) is 52.7 Å². The first kappa shape index (κ1) is 26.0. The van der Waals surface area contributed by atoms with Crippen LogP contribution in [0.1, 0.15) is 54.7 Å². The van der Waals surface area contributed by atoms with E-state index in [9.17, 15) is 9.59 Å². The van der Waals surface area contributed by atoms with E-state index in [0.717, 1.165) is 12.0 Å². The molecular formula is C28H32ClN3O4. The molecule has 2 aliphatic rings. The minimum Gasteiger partial charge on any atom is -0.489 e. The molecule has 1 aliphatic carbocycles. The molecule has 0 bridgehead atoms. The molecule has 0 saturated heterocycles. The van der Waals surface area contributed by atoms with Gasteiger partial charge in [-0.05, 0) is 48.2 Å². The maximum atomic E-state index is 13.3. The van der Waals surface area contributed by atoms with Gasteiger partial charge in [0, 0.05) is 41.6 Å². The fraction of sp³-hybridized carbons (Fsp3) is 0.464. The largest absolute Gasteiger partial charge is 0.489 e. The van der Waals surface area contributed by atoms with Crippen LogP contribution in [0.5, 0.6) is 5.75 Å². The molecule has 36 heavy (non-hydrogen) atoms. The van der Waals surface area contributed by atoms with E-state index in [1.165, 1.54) is 5.56 Å². The summed E-state index contributed by atoms with van der Waals surface area (Å²) >= 11 is 6.18. The number of carbonyl (C=O) groups is 2. The fourth-order valence-electron chi connectivity index (χ4n) is 6.07. The number of nitrogens with zero attached hydrogens (tertiary/aromatic N) is 2. The molecule has 1 aliphatic heterocycles. The second-order valence-electron chi connectivity index (χ2n) is 11.0. The van der Waals surface area contributed by atoms with E-state index in [4.69, 9.17) is 26.7 Å². The Morgan fingerprint density at radius 3 is 2.39 bits per heavy atom. The van der Waals surface area contributed by atoms with Crippen molar-refractivity contribution in [2.75, 3.05) is 19.6 Å². The summed E-state index contributed by atoms with van der Waals surface area (Å²) in [6.45, 7) is 9.69. The van der Waals surface area contributed by atoms with Gasteiger partial charge in [-0.25, -0.2) is 0 Å². The van der Waals surface area contributed by atoms with Crippen LogP contribution in [0.3, 0.4) is 0 Å². The van der Waals surface area contributed by atoms with Crippen LogP contribution in [0.2, 0.25) is 5.02 Å². The smallest absolute Gasteiger partial charge is 0.317 e. The molecule has 2 N–H and O–H groups in total. The van der Waals surface area contributed by atoms with E-state index in [-0.39, 0.29) is 35.4 Å². The topological polar surface area (TPSA) is 103 Å². The van der Waals surface area contributed by atoms with Gasteiger partial charge in [0.1, 0.15) is 17.9 Å². The van der Waals surface area contributed by atoms with Crippen molar-refractivity contribution in [3.63, 3.8) is 0 Å². The van der Waals surface area contributed by atoms with Gasteiger partial charge in [-0.15, -0.1) is 0 Å². The molecule has 2 aromatic rings. The molecule has 1 fully saturated rings. The average molecular weight is 510 g/mol. The zero-order chi connectivity index (χ0) is 26.3. The second kappa shape index (κ2) is 9.76. The predicted molar refractivity (Wildman–Crippen MR) is 137 cm³/mol. The van der Waals surface area contributed by atoms with Crippen LogP contribution in [0.15, 0.2) is 36.4 Å². The zero-order valence-electron chi connectivity index (χ0n) is 21.1. The van der Waals surface area contributed by atoms with Crippen LogP contribution < -0.4 is 10.1 Å². The first-order valence-corrected chi connectivity index (χ1v) is 12.5. The number of fused-ring (bicyclic) bond motifs is 1. The summed E-state index contributed by atoms with van der Waals surface area (Å²) in [4.78, 5) is 26.3. The van der Waals surface area contributed by atoms with Crippen LogP contribution >= 0.6 is 11.6 Å². The monoisotopic (exact) mass is 509 g/mol. The summed E-state index contributed by atoms with van der Waals surface area (Å²) in [5.74, 6) is -0.357. The highest BCUT2D eigenvalue weighted by Crippen LogP contribution is 2.55. The van der Waals surface area contributed by atoms with Crippen molar-refractivity contribution in [3.05, 3.63) is 63.7 Å². The summed E-state index contributed by atoms with van der Waals surface area (Å²) in [6.07, 6.45) is 1.31. The lowest BCUT2D eigenvalue weighted by atomic mass is 9.49. The quantitative estimate of drug-likeness (QED) is 0.601. The highest BCUT2D eigenvalue weighted by Gasteiger charge is 2.64. The molecule has 0 atom stereocenters. The third kappa shape index (κ3) is 4.93. The lowest BCUT2D eigenvalue weighted by Crippen LogP contribution is -2.74. The summed E-state index contributed by atoms with van der Waals surface area (Å²) < 4.78 is 6.31. The standard InChI is InChI=1S/C28H32ClN3O4/c1-27(2)25(28(3,4)26(27)36-21-8-7-20(15-30)22(29)14-21)31-24(35)19-6-5-17-9-11-32(16-23(33)34)12-10-18(17)13-19/h5-8,13-14,25-26H,9-12,16H2,1-4H3,(H,31,35)(H,33,34)/t25-,26-. The predicted octanol–water partition coefficient (Wildman–Crippen LogP) is 4.31. The Labute approximate surface area is 217 Å². The summed E-state index contributed by atoms with van der Waals surface area (Å²) in [6, 6.07) is 12.8. The minimum absolute atomic E-state index is 0.0328. The minimum atomic E-state index is -0.823. The van der Waals surface area contributed by atoms with Gasteiger partial charge in [0.05, 0.1) is 17.1 Å². The van der Waals surface area contributed by atoms with Crippen LogP contribution in [-0.4, -0.2) is 53.7 Å². The van der Waals surface area contributed by atoms with Gasteiger partial charge in [-0.3, -0.25) is 14.5 Å². The maximum absolute atomic E-state index is 13.3. The molecule has 2 aromatic carbocycles. The number of halogens is 1. The Morgan fingerprint density at radius 1 is 1.11 bits per heavy atom. The molecule has 0 aromatic heterocycles. The number of nitrogens with one attached hydrogen (secondary N) is 1. The number of nitriles is 1. The highest BCUT2D eigenvalue weighted by atomic mass is 35.5. The summed E-state index contributed by atoms with van der Waals surface area (Å²) in [7, 11) is 0. The van der Waals surface area contributed by atoms with Crippen molar-refractivity contribution < 1.29 is 19.4 Å². The van der Waals surface area contributed by atoms with E-state index in [2.05, 4.69) is 39.1 Å². The van der Waals surface area contributed by atoms with Crippen LogP contribution in [0.25, 0.3) is 0 Å². The SMILES string of the molecule is CC1(C)[C@H](NC(=O)c2ccc3c(c2)CCN(CC(=O)O)CC3)C(C)(C)[C@H]1Oc1ccc(C#N)c(Cl)c1. The first-order valence-electron chi connectivity index (χ1n) is 12.2. The number of carboxylic acids is 1. The Hall–Kier alpha value is -3.08. The molecule has 0 unspecified atom stereocenters. The van der Waals surface area contributed by atoms with Crippen molar-refractivity contribution >= 4 is 23.5 Å². The molecule has 7 nitrogen and oxygen atoms in total. The molecule has 4 rings (SSSR count). The third-order valence-corrected chi connectivity index (χ3v) is 7.96. The Bertz CT molecular complexity index is 1220. The number of ether oxygens (including phenoxy) is 1. The third-order valence-electron chi connectivity index (χ3n) is 7.65. The summed E-state index contributed by atoms with van der Waals surface area (Å²) in [5, 5.41) is 21.8. The Balaban J connectivity index is 1.45. The van der Waals surface area contributed by atoms with Gasteiger partial charge in [-0.2, -0.15) is 5.26 Å². The molecule has 190 valence electrons. The van der Waals surface area contributed by atoms with Crippen molar-refractivity contribution in [3.8, 4) is 11.8 Å². The number of hydrogen-bond donors (Lipinski definition) is 2. The number of amides is 1. The van der Waals surface area contributed by atoms with Crippen LogP contribution in [0.4, 0.5) is 0 Å². The van der Waals surface area contributed by atoms with Crippen molar-refractivity contribution in [1.82, 2.24) is 10.2 Å². The van der Waals surface area contributed by atoms with Gasteiger partial charge in [-0.1, -0.05) is 45.4 Å². The van der Waals surface area contributed by atoms with Gasteiger partial charge < -0.3 is 15.2 Å². The Morgan fingerprint density at radius 2 is 1.78 bits per heavy atom. The van der Waals surface area contributed by atoms with E-state index in [1.54, 1.807) is 18.2 Å². The molecule has 1 heterocycles. The number of rotatable bonds is 6. The van der Waals surface area contributed by atoms with E-state index < -0.39 is 5.97 Å². The molecule has 0 radical (unpaired) electrons. The highest BCUT2D eigenvalue weighted by molar-refractivity contribution is 6.31. The molecular weight excluding hydrogens is 478 g/mol. The number of hydrogen-bond acceptors (Lipinski definition) is 5. The van der Waals surface area contributed by atoms with Gasteiger partial charge >= 0.3 is 5.97 Å². The number of carboxylic acid groups (broad SMARTS) is 1. The second-order valence-corrected chi connectivity index (χ2v) is 11.4. The van der Waals surface area contributed by atoms with E-state index in [1.807, 2.05) is 23.1 Å². The molecule has 8 heteroatoms. The van der Waals surface area contributed by atoms with Crippen LogP contribution in [0, 0.1) is 22.2 Å². The molecule has 0 spiro atoms. The van der Waals surface area contributed by atoms with Crippen LogP contribution in [-0.2, 0) is 17.6 Å². The zero-order valence-corrected chi connectivity index (χ0v) is 21.9. The first-order chi connectivity index (χ1) is 16.9. The maximum Gasteiger partial charge on any atom is 0.317 e. The number of aliphatic carboxylic acids is 1. The van der Waals surface area contributed by atoms with Gasteiger partial charge in [0.25, 0.3) is 5.91 Å². The lowest BCUT2D eigenvalue weighted by molar-refractivity contribution is -0.164. The van der Waals surface area contributed by atoms with E-state index >= 15 is 0 Å². The average Bonchev–Trinajstić information content (AvgIpc) is 3.02. The molecule has 1 amide bonds.